The number of rotatable bonds is 10. The van der Waals surface area contributed by atoms with E-state index in [2.05, 4.69) is 10.0 Å². The molecule has 2 aromatic rings. The zero-order valence-corrected chi connectivity index (χ0v) is 16.2. The van der Waals surface area contributed by atoms with Crippen molar-refractivity contribution in [2.24, 2.45) is 0 Å². The van der Waals surface area contributed by atoms with Crippen molar-refractivity contribution < 1.29 is 22.7 Å². The molecule has 146 valence electrons. The van der Waals surface area contributed by atoms with Crippen LogP contribution in [0.15, 0.2) is 53.4 Å². The van der Waals surface area contributed by atoms with Crippen molar-refractivity contribution in [3.05, 3.63) is 48.5 Å². The second-order valence-corrected chi connectivity index (χ2v) is 7.52. The van der Waals surface area contributed by atoms with E-state index < -0.39 is 10.0 Å². The summed E-state index contributed by atoms with van der Waals surface area (Å²) in [5.74, 6) is 1.35. The molecule has 2 N–H and O–H groups in total. The highest BCUT2D eigenvalue weighted by atomic mass is 32.2. The summed E-state index contributed by atoms with van der Waals surface area (Å²) in [4.78, 5) is 12.1. The summed E-state index contributed by atoms with van der Waals surface area (Å²) in [5, 5.41) is 2.73. The third kappa shape index (κ3) is 6.58. The fraction of sp³-hybridized carbons (Fsp3) is 0.316. The molecule has 0 saturated carbocycles. The first-order valence-corrected chi connectivity index (χ1v) is 10.1. The molecule has 7 nitrogen and oxygen atoms in total. The second kappa shape index (κ2) is 9.94. The number of amides is 1. The molecule has 0 aliphatic carbocycles. The molecule has 0 aromatic heterocycles. The second-order valence-electron chi connectivity index (χ2n) is 5.64. The summed E-state index contributed by atoms with van der Waals surface area (Å²) >= 11 is 0. The number of anilines is 1. The monoisotopic (exact) mass is 392 g/mol. The predicted molar refractivity (Wildman–Crippen MR) is 104 cm³/mol. The van der Waals surface area contributed by atoms with Crippen molar-refractivity contribution in [2.75, 3.05) is 25.6 Å². The Bertz CT molecular complexity index is 833. The van der Waals surface area contributed by atoms with Crippen molar-refractivity contribution in [3.63, 3.8) is 0 Å². The van der Waals surface area contributed by atoms with E-state index >= 15 is 0 Å². The summed E-state index contributed by atoms with van der Waals surface area (Å²) in [6.45, 7) is 2.96. The maximum absolute atomic E-state index is 12.0. The topological polar surface area (TPSA) is 93.7 Å². The number of hydrogen-bond donors (Lipinski definition) is 2. The van der Waals surface area contributed by atoms with Gasteiger partial charge in [0.1, 0.15) is 11.5 Å². The number of nitrogens with one attached hydrogen (secondary N) is 2. The van der Waals surface area contributed by atoms with Crippen molar-refractivity contribution in [1.29, 1.82) is 0 Å². The molecular weight excluding hydrogens is 368 g/mol. The molecule has 0 aliphatic rings. The van der Waals surface area contributed by atoms with Gasteiger partial charge in [0.15, 0.2) is 0 Å². The van der Waals surface area contributed by atoms with E-state index in [9.17, 15) is 13.2 Å². The van der Waals surface area contributed by atoms with Crippen LogP contribution in [0.3, 0.4) is 0 Å². The zero-order valence-electron chi connectivity index (χ0n) is 15.4. The minimum Gasteiger partial charge on any atom is -0.494 e. The lowest BCUT2D eigenvalue weighted by atomic mass is 10.2. The fourth-order valence-electron chi connectivity index (χ4n) is 2.28. The summed E-state index contributed by atoms with van der Waals surface area (Å²) in [5.41, 5.74) is 0.544. The van der Waals surface area contributed by atoms with Crippen LogP contribution in [0.25, 0.3) is 0 Å². The van der Waals surface area contributed by atoms with Crippen LogP contribution in [0, 0.1) is 0 Å². The standard InChI is InChI=1S/C19H24N2O5S/c1-3-25-16-8-10-17(11-9-16)26-14-4-5-19(22)21-15-6-12-18(13-7-15)27(23,24)20-2/h6-13,20H,3-5,14H2,1-2H3,(H,21,22). The first kappa shape index (κ1) is 20.7. The summed E-state index contributed by atoms with van der Waals surface area (Å²) < 4.78 is 36.5. The van der Waals surface area contributed by atoms with Gasteiger partial charge >= 0.3 is 0 Å². The summed E-state index contributed by atoms with van der Waals surface area (Å²) in [6.07, 6.45) is 0.860. The van der Waals surface area contributed by atoms with E-state index in [-0.39, 0.29) is 10.8 Å². The number of hydrogen-bond acceptors (Lipinski definition) is 5. The highest BCUT2D eigenvalue weighted by molar-refractivity contribution is 7.89. The van der Waals surface area contributed by atoms with Crippen LogP contribution >= 0.6 is 0 Å². The Morgan fingerprint density at radius 2 is 1.56 bits per heavy atom. The van der Waals surface area contributed by atoms with Gasteiger partial charge in [0.05, 0.1) is 18.1 Å². The molecule has 2 rings (SSSR count). The smallest absolute Gasteiger partial charge is 0.240 e. The first-order chi connectivity index (χ1) is 12.9. The van der Waals surface area contributed by atoms with Crippen LogP contribution in [0.2, 0.25) is 0 Å². The lowest BCUT2D eigenvalue weighted by Gasteiger charge is -2.09. The number of benzene rings is 2. The molecule has 0 aliphatic heterocycles. The van der Waals surface area contributed by atoms with Gasteiger partial charge in [0.2, 0.25) is 15.9 Å². The molecule has 2 aromatic carbocycles. The lowest BCUT2D eigenvalue weighted by molar-refractivity contribution is -0.116. The Kier molecular flexibility index (Phi) is 7.63. The maximum Gasteiger partial charge on any atom is 0.240 e. The molecule has 0 radical (unpaired) electrons. The van der Waals surface area contributed by atoms with Gasteiger partial charge in [-0.3, -0.25) is 4.79 Å². The highest BCUT2D eigenvalue weighted by Gasteiger charge is 2.11. The minimum atomic E-state index is -3.48. The Balaban J connectivity index is 1.73. The molecule has 0 saturated heterocycles. The molecule has 1 amide bonds. The van der Waals surface area contributed by atoms with Crippen LogP contribution in [0.1, 0.15) is 19.8 Å². The average Bonchev–Trinajstić information content (AvgIpc) is 2.67. The Morgan fingerprint density at radius 1 is 0.963 bits per heavy atom. The van der Waals surface area contributed by atoms with Crippen molar-refractivity contribution in [2.45, 2.75) is 24.7 Å². The van der Waals surface area contributed by atoms with Gasteiger partial charge in [-0.1, -0.05) is 0 Å². The van der Waals surface area contributed by atoms with Crippen LogP contribution < -0.4 is 19.5 Å². The largest absolute Gasteiger partial charge is 0.494 e. The molecule has 0 unspecified atom stereocenters. The van der Waals surface area contributed by atoms with Crippen molar-refractivity contribution >= 4 is 21.6 Å². The van der Waals surface area contributed by atoms with E-state index in [4.69, 9.17) is 9.47 Å². The lowest BCUT2D eigenvalue weighted by Crippen LogP contribution is -2.18. The summed E-state index contributed by atoms with van der Waals surface area (Å²) in [6, 6.07) is 13.3. The molecule has 0 heterocycles. The number of ether oxygens (including phenoxy) is 2. The van der Waals surface area contributed by atoms with Crippen LogP contribution in [-0.2, 0) is 14.8 Å². The first-order valence-electron chi connectivity index (χ1n) is 8.63. The molecule has 0 bridgehead atoms. The molecule has 0 atom stereocenters. The number of carbonyl (C=O) groups excluding carboxylic acids is 1. The van der Waals surface area contributed by atoms with E-state index in [0.717, 1.165) is 11.5 Å². The molecule has 0 fully saturated rings. The highest BCUT2D eigenvalue weighted by Crippen LogP contribution is 2.18. The molecule has 0 spiro atoms. The predicted octanol–water partition coefficient (Wildman–Crippen LogP) is 2.79. The Labute approximate surface area is 159 Å². The van der Waals surface area contributed by atoms with Crippen LogP contribution in [-0.4, -0.2) is 34.6 Å². The summed E-state index contributed by atoms with van der Waals surface area (Å²) in [7, 11) is -2.13. The van der Waals surface area contributed by atoms with Gasteiger partial charge in [-0.05, 0) is 68.9 Å². The van der Waals surface area contributed by atoms with Gasteiger partial charge in [0.25, 0.3) is 0 Å². The van der Waals surface area contributed by atoms with E-state index in [0.29, 0.717) is 31.7 Å². The fourth-order valence-corrected chi connectivity index (χ4v) is 3.01. The SMILES string of the molecule is CCOc1ccc(OCCCC(=O)Nc2ccc(S(=O)(=O)NC)cc2)cc1. The van der Waals surface area contributed by atoms with E-state index in [1.807, 2.05) is 31.2 Å². The third-order valence-corrected chi connectivity index (χ3v) is 5.10. The maximum atomic E-state index is 12.0. The quantitative estimate of drug-likeness (QED) is 0.607. The van der Waals surface area contributed by atoms with Gasteiger partial charge in [-0.25, -0.2) is 13.1 Å². The molecule has 27 heavy (non-hydrogen) atoms. The Morgan fingerprint density at radius 3 is 2.11 bits per heavy atom. The van der Waals surface area contributed by atoms with Gasteiger partial charge < -0.3 is 14.8 Å². The molecular formula is C19H24N2O5S. The van der Waals surface area contributed by atoms with Crippen molar-refractivity contribution in [1.82, 2.24) is 4.72 Å². The number of sulfonamides is 1. The number of carbonyl (C=O) groups is 1. The minimum absolute atomic E-state index is 0.145. The zero-order chi connectivity index (χ0) is 19.7. The van der Waals surface area contributed by atoms with Gasteiger partial charge in [-0.15, -0.1) is 0 Å². The van der Waals surface area contributed by atoms with Crippen LogP contribution in [0.5, 0.6) is 11.5 Å². The van der Waals surface area contributed by atoms with Gasteiger partial charge in [-0.2, -0.15) is 0 Å². The van der Waals surface area contributed by atoms with E-state index in [1.165, 1.54) is 19.2 Å². The van der Waals surface area contributed by atoms with Gasteiger partial charge in [0, 0.05) is 12.1 Å². The third-order valence-electron chi connectivity index (χ3n) is 3.67. The normalized spacial score (nSPS) is 11.0. The van der Waals surface area contributed by atoms with Crippen molar-refractivity contribution in [3.8, 4) is 11.5 Å². The average molecular weight is 392 g/mol. The molecule has 8 heteroatoms. The van der Waals surface area contributed by atoms with E-state index in [1.54, 1.807) is 12.1 Å². The Hall–Kier alpha value is -2.58. The van der Waals surface area contributed by atoms with Crippen LogP contribution in [0.4, 0.5) is 5.69 Å².